The van der Waals surface area contributed by atoms with Crippen LogP contribution >= 0.6 is 22.9 Å². The van der Waals surface area contributed by atoms with Crippen LogP contribution in [0, 0.1) is 0 Å². The minimum absolute atomic E-state index is 0.765. The van der Waals surface area contributed by atoms with Crippen LogP contribution in [0.2, 0.25) is 0 Å². The largest absolute Gasteiger partial charge is 0.330 e. The van der Waals surface area contributed by atoms with Crippen LogP contribution in [-0.4, -0.2) is 23.0 Å². The van der Waals surface area contributed by atoms with Gasteiger partial charge in [-0.2, -0.15) is 5.10 Å². The topological polar surface area (TPSA) is 41.6 Å². The summed E-state index contributed by atoms with van der Waals surface area (Å²) >= 11 is 2.11. The molecule has 0 bridgehead atoms. The number of halogens is 1. The molecule has 2 N–H and O–H groups in total. The lowest BCUT2D eigenvalue weighted by molar-refractivity contribution is 0.518. The van der Waals surface area contributed by atoms with Gasteiger partial charge in [0.25, 0.3) is 0 Å². The maximum atomic E-state index is 5.29. The Morgan fingerprint density at radius 3 is 2.67 bits per heavy atom. The highest BCUT2D eigenvalue weighted by molar-refractivity contribution is 14.1. The third kappa shape index (κ3) is 6.04. The summed E-state index contributed by atoms with van der Waals surface area (Å²) in [5.41, 5.74) is 5.29. The number of nitrogens with zero attached hydrogens (tertiary/aromatic N) is 2. The fourth-order valence-electron chi connectivity index (χ4n) is 0.457. The van der Waals surface area contributed by atoms with Crippen LogP contribution in [0.4, 0.5) is 0 Å². The molecule has 0 heterocycles. The summed E-state index contributed by atoms with van der Waals surface area (Å²) in [6.45, 7) is 5.09. The lowest BCUT2D eigenvalue weighted by Gasteiger charge is -2.06. The van der Waals surface area contributed by atoms with Crippen molar-refractivity contribution in [1.82, 2.24) is 3.22 Å². The highest BCUT2D eigenvalue weighted by atomic mass is 127. The first-order chi connectivity index (χ1) is 4.31. The Labute approximate surface area is 69.8 Å². The molecule has 0 aromatic heterocycles. The van der Waals surface area contributed by atoms with Gasteiger partial charge in [-0.1, -0.05) is 0 Å². The van der Waals surface area contributed by atoms with Crippen molar-refractivity contribution >= 4 is 29.6 Å². The summed E-state index contributed by atoms with van der Waals surface area (Å²) in [5, 5.41) is 3.69. The fraction of sp³-hybridized carbons (Fsp3) is 0.800. The van der Waals surface area contributed by atoms with E-state index in [0.29, 0.717) is 0 Å². The van der Waals surface area contributed by atoms with Crippen LogP contribution < -0.4 is 5.73 Å². The molecule has 0 aliphatic carbocycles. The molecule has 0 rings (SSSR count). The summed E-state index contributed by atoms with van der Waals surface area (Å²) in [7, 11) is 0. The molecule has 0 spiro atoms. The van der Waals surface area contributed by atoms with Gasteiger partial charge in [0.15, 0.2) is 0 Å². The second-order valence-electron chi connectivity index (χ2n) is 1.70. The van der Waals surface area contributed by atoms with Gasteiger partial charge in [-0.3, -0.25) is 0 Å². The first kappa shape index (κ1) is 9.16. The lowest BCUT2D eigenvalue weighted by atomic mass is 10.3. The molecule has 0 unspecified atom stereocenters. The van der Waals surface area contributed by atoms with E-state index in [0.717, 1.165) is 25.9 Å². The van der Waals surface area contributed by atoms with Gasteiger partial charge in [-0.05, 0) is 19.4 Å². The molecule has 9 heavy (non-hydrogen) atoms. The van der Waals surface area contributed by atoms with Gasteiger partial charge < -0.3 is 5.73 Å². The molecule has 54 valence electrons. The highest BCUT2D eigenvalue weighted by Crippen LogP contribution is 2.00. The molecule has 0 aliphatic heterocycles. The maximum absolute atomic E-state index is 5.29. The van der Waals surface area contributed by atoms with E-state index < -0.39 is 0 Å². The first-order valence-corrected chi connectivity index (χ1v) is 3.87. The van der Waals surface area contributed by atoms with Crippen LogP contribution in [0.25, 0.3) is 0 Å². The second kappa shape index (κ2) is 6.28. The molecule has 0 saturated carbocycles. The fourth-order valence-corrected chi connectivity index (χ4v) is 0.798. The van der Waals surface area contributed by atoms with E-state index in [4.69, 9.17) is 5.73 Å². The summed E-state index contributed by atoms with van der Waals surface area (Å²) in [6.07, 6.45) is 2.16. The molecule has 0 fully saturated rings. The average molecular weight is 241 g/mol. The Kier molecular flexibility index (Phi) is 6.39. The van der Waals surface area contributed by atoms with Gasteiger partial charge in [-0.15, -0.1) is 0 Å². The van der Waals surface area contributed by atoms with Gasteiger partial charge in [0.1, 0.15) is 0 Å². The third-order valence-electron chi connectivity index (χ3n) is 0.950. The summed E-state index contributed by atoms with van der Waals surface area (Å²) in [4.78, 5) is 0. The van der Waals surface area contributed by atoms with Crippen LogP contribution in [0.5, 0.6) is 0 Å². The van der Waals surface area contributed by atoms with E-state index in [1.54, 1.807) is 3.22 Å². The quantitative estimate of drug-likeness (QED) is 0.256. The number of nitrogens with two attached hydrogens (primary N) is 1. The number of hydrogen-bond acceptors (Lipinski definition) is 3. The third-order valence-corrected chi connectivity index (χ3v) is 1.74. The second-order valence-corrected chi connectivity index (χ2v) is 2.81. The van der Waals surface area contributed by atoms with Crippen molar-refractivity contribution in [3.05, 3.63) is 0 Å². The molecule has 0 aromatic rings. The standard InChI is InChI=1S/C5H12IN3/c1-8-9(6)5-3-2-4-7/h1-5,7H2. The molecule has 0 saturated heterocycles. The predicted molar refractivity (Wildman–Crippen MR) is 48.6 cm³/mol. The normalized spacial score (nSPS) is 9.11. The predicted octanol–water partition coefficient (Wildman–Crippen LogP) is 0.993. The number of unbranched alkanes of at least 4 members (excludes halogenated alkanes) is 1. The van der Waals surface area contributed by atoms with E-state index >= 15 is 0 Å². The Balaban J connectivity index is 2.96. The van der Waals surface area contributed by atoms with E-state index in [9.17, 15) is 0 Å². The monoisotopic (exact) mass is 241 g/mol. The SMILES string of the molecule is C=NN(I)CCCCN. The van der Waals surface area contributed by atoms with Crippen molar-refractivity contribution in [2.45, 2.75) is 12.8 Å². The summed E-state index contributed by atoms with van der Waals surface area (Å²) in [6, 6.07) is 0. The van der Waals surface area contributed by atoms with E-state index in [1.165, 1.54) is 0 Å². The van der Waals surface area contributed by atoms with Crippen molar-refractivity contribution < 1.29 is 0 Å². The first-order valence-electron chi connectivity index (χ1n) is 2.91. The minimum atomic E-state index is 0.765. The van der Waals surface area contributed by atoms with Gasteiger partial charge in [0.05, 0.1) is 22.9 Å². The molecular formula is C5H12IN3. The van der Waals surface area contributed by atoms with Crippen molar-refractivity contribution in [3.8, 4) is 0 Å². The van der Waals surface area contributed by atoms with Gasteiger partial charge in [0, 0.05) is 13.3 Å². The molecule has 0 aromatic carbocycles. The van der Waals surface area contributed by atoms with Crippen LogP contribution in [0.3, 0.4) is 0 Å². The molecule has 0 aliphatic rings. The highest BCUT2D eigenvalue weighted by Gasteiger charge is 1.90. The number of hydrazone groups is 1. The number of hydrogen-bond donors (Lipinski definition) is 1. The zero-order valence-electron chi connectivity index (χ0n) is 5.39. The summed E-state index contributed by atoms with van der Waals surface area (Å²) < 4.78 is 1.79. The van der Waals surface area contributed by atoms with Gasteiger partial charge in [-0.25, -0.2) is 3.22 Å². The van der Waals surface area contributed by atoms with Crippen LogP contribution in [-0.2, 0) is 0 Å². The Bertz CT molecular complexity index is 76.6. The summed E-state index contributed by atoms with van der Waals surface area (Å²) in [5.74, 6) is 0. The molecule has 3 nitrogen and oxygen atoms in total. The van der Waals surface area contributed by atoms with E-state index in [1.807, 2.05) is 0 Å². The average Bonchev–Trinajstić information content (AvgIpc) is 1.89. The van der Waals surface area contributed by atoms with Crippen molar-refractivity contribution in [2.24, 2.45) is 10.8 Å². The van der Waals surface area contributed by atoms with Crippen molar-refractivity contribution in [1.29, 1.82) is 0 Å². The minimum Gasteiger partial charge on any atom is -0.330 e. The maximum Gasteiger partial charge on any atom is 0.0783 e. The Hall–Kier alpha value is 0.160. The van der Waals surface area contributed by atoms with Crippen molar-refractivity contribution in [3.63, 3.8) is 0 Å². The smallest absolute Gasteiger partial charge is 0.0783 e. The molecule has 4 heteroatoms. The van der Waals surface area contributed by atoms with E-state index in [-0.39, 0.29) is 0 Å². The van der Waals surface area contributed by atoms with Gasteiger partial charge in [0.2, 0.25) is 0 Å². The van der Waals surface area contributed by atoms with Gasteiger partial charge >= 0.3 is 0 Å². The van der Waals surface area contributed by atoms with Crippen LogP contribution in [0.15, 0.2) is 5.10 Å². The van der Waals surface area contributed by atoms with E-state index in [2.05, 4.69) is 34.7 Å². The zero-order chi connectivity index (χ0) is 7.11. The molecule has 0 amide bonds. The zero-order valence-corrected chi connectivity index (χ0v) is 7.54. The van der Waals surface area contributed by atoms with Crippen LogP contribution in [0.1, 0.15) is 12.8 Å². The molecular weight excluding hydrogens is 229 g/mol. The Morgan fingerprint density at radius 2 is 2.22 bits per heavy atom. The Morgan fingerprint density at radius 1 is 1.56 bits per heavy atom. The lowest BCUT2D eigenvalue weighted by Crippen LogP contribution is -2.07. The molecule has 0 atom stereocenters. The number of rotatable bonds is 5. The molecule has 0 radical (unpaired) electrons. The van der Waals surface area contributed by atoms with Crippen molar-refractivity contribution in [2.75, 3.05) is 13.1 Å².